The van der Waals surface area contributed by atoms with Gasteiger partial charge in [-0.05, 0) is 37.3 Å². The SMILES string of the molecule is C=CCn1c(SCC(=O)N[C@H](C)c2cc(OC)ccc2OC)nnc1[C@H]1COc2ccccc2O1. The number of aromatic nitrogens is 3. The topological polar surface area (TPSA) is 96.7 Å². The zero-order valence-corrected chi connectivity index (χ0v) is 20.7. The van der Waals surface area contributed by atoms with Gasteiger partial charge in [0.25, 0.3) is 0 Å². The number of thioether (sulfide) groups is 1. The van der Waals surface area contributed by atoms with Gasteiger partial charge in [-0.1, -0.05) is 30.0 Å². The summed E-state index contributed by atoms with van der Waals surface area (Å²) in [7, 11) is 3.20. The molecule has 0 aliphatic carbocycles. The van der Waals surface area contributed by atoms with Crippen molar-refractivity contribution in [3.8, 4) is 23.0 Å². The number of nitrogens with zero attached hydrogens (tertiary/aromatic N) is 3. The van der Waals surface area contributed by atoms with Gasteiger partial charge in [0.15, 0.2) is 28.6 Å². The maximum atomic E-state index is 12.7. The Balaban J connectivity index is 1.42. The number of hydrogen-bond acceptors (Lipinski definition) is 8. The first-order chi connectivity index (χ1) is 17.0. The molecule has 3 aromatic rings. The minimum Gasteiger partial charge on any atom is -0.497 e. The molecule has 0 unspecified atom stereocenters. The smallest absolute Gasteiger partial charge is 0.230 e. The van der Waals surface area contributed by atoms with Crippen molar-refractivity contribution >= 4 is 17.7 Å². The molecule has 0 saturated carbocycles. The van der Waals surface area contributed by atoms with E-state index < -0.39 is 6.10 Å². The molecule has 0 radical (unpaired) electrons. The maximum Gasteiger partial charge on any atom is 0.230 e. The summed E-state index contributed by atoms with van der Waals surface area (Å²) in [5.41, 5.74) is 0.831. The highest BCUT2D eigenvalue weighted by Crippen LogP contribution is 2.36. The molecule has 10 heteroatoms. The molecule has 0 fully saturated rings. The number of benzene rings is 2. The van der Waals surface area contributed by atoms with Crippen molar-refractivity contribution in [2.75, 3.05) is 26.6 Å². The van der Waals surface area contributed by atoms with Crippen molar-refractivity contribution in [2.45, 2.75) is 30.8 Å². The van der Waals surface area contributed by atoms with Gasteiger partial charge in [-0.3, -0.25) is 9.36 Å². The lowest BCUT2D eigenvalue weighted by Crippen LogP contribution is -2.28. The van der Waals surface area contributed by atoms with Crippen LogP contribution in [0.15, 0.2) is 60.3 Å². The Kier molecular flexibility index (Phi) is 7.81. The second-order valence-electron chi connectivity index (χ2n) is 7.79. The predicted octanol–water partition coefficient (Wildman–Crippen LogP) is 3.96. The molecule has 184 valence electrons. The molecular formula is C25H28N4O5S. The first kappa shape index (κ1) is 24.5. The van der Waals surface area contributed by atoms with E-state index in [0.717, 1.165) is 5.56 Å². The van der Waals surface area contributed by atoms with Crippen LogP contribution < -0.4 is 24.3 Å². The van der Waals surface area contributed by atoms with Gasteiger partial charge >= 0.3 is 0 Å². The fourth-order valence-electron chi connectivity index (χ4n) is 3.76. The largest absolute Gasteiger partial charge is 0.497 e. The highest BCUT2D eigenvalue weighted by atomic mass is 32.2. The van der Waals surface area contributed by atoms with Gasteiger partial charge in [-0.15, -0.1) is 16.8 Å². The summed E-state index contributed by atoms with van der Waals surface area (Å²) in [6.07, 6.45) is 1.34. The van der Waals surface area contributed by atoms with Crippen LogP contribution in [-0.2, 0) is 11.3 Å². The van der Waals surface area contributed by atoms with Gasteiger partial charge in [0.2, 0.25) is 5.91 Å². The summed E-state index contributed by atoms with van der Waals surface area (Å²) in [6.45, 7) is 6.53. The number of fused-ring (bicyclic) bond motifs is 1. The first-order valence-corrected chi connectivity index (χ1v) is 12.1. The number of methoxy groups -OCH3 is 2. The Bertz CT molecular complexity index is 1200. The van der Waals surface area contributed by atoms with Crippen molar-refractivity contribution in [1.82, 2.24) is 20.1 Å². The second-order valence-corrected chi connectivity index (χ2v) is 8.73. The van der Waals surface area contributed by atoms with E-state index in [0.29, 0.717) is 47.1 Å². The van der Waals surface area contributed by atoms with E-state index in [2.05, 4.69) is 22.1 Å². The number of carbonyl (C=O) groups excluding carboxylic acids is 1. The highest BCUT2D eigenvalue weighted by molar-refractivity contribution is 7.99. The molecule has 1 amide bonds. The summed E-state index contributed by atoms with van der Waals surface area (Å²) in [5, 5.41) is 12.2. The van der Waals surface area contributed by atoms with Crippen LogP contribution in [0.1, 0.15) is 30.5 Å². The Hall–Kier alpha value is -3.66. The quantitative estimate of drug-likeness (QED) is 0.333. The van der Waals surface area contributed by atoms with E-state index in [4.69, 9.17) is 18.9 Å². The van der Waals surface area contributed by atoms with Gasteiger partial charge in [0.1, 0.15) is 18.1 Å². The monoisotopic (exact) mass is 496 g/mol. The molecule has 9 nitrogen and oxygen atoms in total. The van der Waals surface area contributed by atoms with E-state index in [1.54, 1.807) is 20.3 Å². The molecule has 1 N–H and O–H groups in total. The molecule has 1 aromatic heterocycles. The average molecular weight is 497 g/mol. The van der Waals surface area contributed by atoms with Crippen molar-refractivity contribution in [1.29, 1.82) is 0 Å². The third kappa shape index (κ3) is 5.54. The summed E-state index contributed by atoms with van der Waals surface area (Å²) in [6, 6.07) is 12.7. The van der Waals surface area contributed by atoms with E-state index in [9.17, 15) is 4.79 Å². The lowest BCUT2D eigenvalue weighted by Gasteiger charge is -2.26. The third-order valence-corrected chi connectivity index (χ3v) is 6.43. The maximum absolute atomic E-state index is 12.7. The third-order valence-electron chi connectivity index (χ3n) is 5.47. The summed E-state index contributed by atoms with van der Waals surface area (Å²) >= 11 is 1.30. The Morgan fingerprint density at radius 2 is 2.06 bits per heavy atom. The number of amides is 1. The molecule has 2 heterocycles. The molecule has 0 bridgehead atoms. The number of allylic oxidation sites excluding steroid dienone is 1. The molecular weight excluding hydrogens is 468 g/mol. The standard InChI is InChI=1S/C25H28N4O5S/c1-5-12-29-24(22-14-33-20-8-6-7-9-21(20)34-22)27-28-25(29)35-15-23(30)26-16(2)18-13-17(31-3)10-11-19(18)32-4/h5-11,13,16,22H,1,12,14-15H2,2-4H3,(H,26,30)/t16-,22-/m1/s1. The number of nitrogens with one attached hydrogen (secondary N) is 1. The Morgan fingerprint density at radius 1 is 1.26 bits per heavy atom. The normalized spacial score (nSPS) is 15.2. The van der Waals surface area contributed by atoms with Crippen LogP contribution in [-0.4, -0.2) is 47.3 Å². The van der Waals surface area contributed by atoms with Crippen LogP contribution in [0.5, 0.6) is 23.0 Å². The van der Waals surface area contributed by atoms with Crippen LogP contribution in [0.25, 0.3) is 0 Å². The Morgan fingerprint density at radius 3 is 2.80 bits per heavy atom. The summed E-state index contributed by atoms with van der Waals surface area (Å²) in [5.74, 6) is 3.37. The van der Waals surface area contributed by atoms with Gasteiger partial charge in [-0.2, -0.15) is 0 Å². The summed E-state index contributed by atoms with van der Waals surface area (Å²) < 4.78 is 24.6. The number of para-hydroxylation sites is 2. The zero-order valence-electron chi connectivity index (χ0n) is 19.9. The number of carbonyl (C=O) groups is 1. The number of hydrogen-bond donors (Lipinski definition) is 1. The second kappa shape index (κ2) is 11.2. The molecule has 0 spiro atoms. The van der Waals surface area contributed by atoms with Gasteiger partial charge in [0.05, 0.1) is 26.0 Å². The van der Waals surface area contributed by atoms with Gasteiger partial charge < -0.3 is 24.3 Å². The minimum atomic E-state index is -0.416. The van der Waals surface area contributed by atoms with Crippen LogP contribution in [0.3, 0.4) is 0 Å². The highest BCUT2D eigenvalue weighted by Gasteiger charge is 2.28. The van der Waals surface area contributed by atoms with E-state index >= 15 is 0 Å². The van der Waals surface area contributed by atoms with Gasteiger partial charge in [-0.25, -0.2) is 0 Å². The Labute approximate surface area is 208 Å². The van der Waals surface area contributed by atoms with Crippen molar-refractivity contribution in [2.24, 2.45) is 0 Å². The van der Waals surface area contributed by atoms with Crippen molar-refractivity contribution in [3.63, 3.8) is 0 Å². The molecule has 2 atom stereocenters. The molecule has 1 aliphatic rings. The molecule has 2 aromatic carbocycles. The summed E-state index contributed by atoms with van der Waals surface area (Å²) in [4.78, 5) is 12.7. The van der Waals surface area contributed by atoms with Crippen LogP contribution >= 0.6 is 11.8 Å². The number of rotatable bonds is 10. The van der Waals surface area contributed by atoms with Crippen LogP contribution in [0.2, 0.25) is 0 Å². The van der Waals surface area contributed by atoms with E-state index in [-0.39, 0.29) is 17.7 Å². The van der Waals surface area contributed by atoms with Crippen LogP contribution in [0, 0.1) is 0 Å². The van der Waals surface area contributed by atoms with E-state index in [1.165, 1.54) is 11.8 Å². The minimum absolute atomic E-state index is 0.145. The van der Waals surface area contributed by atoms with Crippen molar-refractivity contribution in [3.05, 3.63) is 66.5 Å². The van der Waals surface area contributed by atoms with E-state index in [1.807, 2.05) is 54.0 Å². The predicted molar refractivity (Wildman–Crippen MR) is 132 cm³/mol. The molecule has 1 aliphatic heterocycles. The molecule has 35 heavy (non-hydrogen) atoms. The van der Waals surface area contributed by atoms with Gasteiger partial charge in [0, 0.05) is 12.1 Å². The average Bonchev–Trinajstić information content (AvgIpc) is 3.29. The number of ether oxygens (including phenoxy) is 4. The molecule has 4 rings (SSSR count). The lowest BCUT2D eigenvalue weighted by molar-refractivity contribution is -0.119. The molecule has 0 saturated heterocycles. The fourth-order valence-corrected chi connectivity index (χ4v) is 4.53. The lowest BCUT2D eigenvalue weighted by atomic mass is 10.1. The van der Waals surface area contributed by atoms with Crippen LogP contribution in [0.4, 0.5) is 0 Å². The van der Waals surface area contributed by atoms with Crippen molar-refractivity contribution < 1.29 is 23.7 Å². The zero-order chi connectivity index (χ0) is 24.8. The first-order valence-electron chi connectivity index (χ1n) is 11.1. The fraction of sp³-hybridized carbons (Fsp3) is 0.320.